The fourth-order valence-electron chi connectivity index (χ4n) is 1.32. The summed E-state index contributed by atoms with van der Waals surface area (Å²) in [5, 5.41) is 13.0. The molecule has 0 spiro atoms. The highest BCUT2D eigenvalue weighted by Crippen LogP contribution is 2.20. The van der Waals surface area contributed by atoms with E-state index in [-0.39, 0.29) is 0 Å². The topological polar surface area (TPSA) is 41.5 Å². The summed E-state index contributed by atoms with van der Waals surface area (Å²) in [6.45, 7) is 4.82. The zero-order chi connectivity index (χ0) is 12.0. The largest absolute Gasteiger partial charge is 0.490 e. The normalized spacial score (nSPS) is 14.5. The van der Waals surface area contributed by atoms with Gasteiger partial charge in [-0.25, -0.2) is 0 Å². The fraction of sp³-hybridized carbons (Fsp3) is 0.538. The van der Waals surface area contributed by atoms with Crippen LogP contribution in [0.3, 0.4) is 0 Å². The number of nitrogens with one attached hydrogen (secondary N) is 1. The highest BCUT2D eigenvalue weighted by Gasteiger charge is 2.18. The van der Waals surface area contributed by atoms with Crippen molar-refractivity contribution in [2.24, 2.45) is 0 Å². The second kappa shape index (κ2) is 5.87. The second-order valence-corrected chi connectivity index (χ2v) is 4.28. The summed E-state index contributed by atoms with van der Waals surface area (Å²) in [4.78, 5) is 0. The summed E-state index contributed by atoms with van der Waals surface area (Å²) < 4.78 is 5.66. The first kappa shape index (κ1) is 13.0. The molecule has 0 aliphatic heterocycles. The van der Waals surface area contributed by atoms with E-state index in [4.69, 9.17) is 4.74 Å². The van der Waals surface area contributed by atoms with Crippen LogP contribution in [0.25, 0.3) is 0 Å². The highest BCUT2D eigenvalue weighted by atomic mass is 16.5. The molecule has 16 heavy (non-hydrogen) atoms. The van der Waals surface area contributed by atoms with Crippen molar-refractivity contribution in [2.75, 3.05) is 13.7 Å². The van der Waals surface area contributed by atoms with E-state index >= 15 is 0 Å². The Balaban J connectivity index is 2.66. The van der Waals surface area contributed by atoms with E-state index < -0.39 is 5.60 Å². The van der Waals surface area contributed by atoms with Crippen molar-refractivity contribution in [2.45, 2.75) is 32.4 Å². The molecule has 0 bridgehead atoms. The third-order valence-corrected chi connectivity index (χ3v) is 2.64. The van der Waals surface area contributed by atoms with Gasteiger partial charge in [-0.15, -0.1) is 0 Å². The Hall–Kier alpha value is -1.06. The van der Waals surface area contributed by atoms with Crippen LogP contribution < -0.4 is 10.1 Å². The van der Waals surface area contributed by atoms with Gasteiger partial charge in [0.05, 0.1) is 5.60 Å². The molecule has 0 aliphatic rings. The van der Waals surface area contributed by atoms with Gasteiger partial charge < -0.3 is 15.2 Å². The molecule has 0 amide bonds. The standard InChI is InChI=1S/C13H21NO2/c1-4-13(2,15)10-16-12-8-6-5-7-11(12)9-14-3/h5-8,14-15H,4,9-10H2,1-3H3. The number of hydrogen-bond donors (Lipinski definition) is 2. The molecule has 1 unspecified atom stereocenters. The Morgan fingerprint density at radius 2 is 2.06 bits per heavy atom. The van der Waals surface area contributed by atoms with Gasteiger partial charge in [-0.3, -0.25) is 0 Å². The number of benzene rings is 1. The fourth-order valence-corrected chi connectivity index (χ4v) is 1.32. The van der Waals surface area contributed by atoms with Crippen LogP contribution in [0.1, 0.15) is 25.8 Å². The lowest BCUT2D eigenvalue weighted by atomic mass is 10.1. The van der Waals surface area contributed by atoms with Crippen molar-refractivity contribution >= 4 is 0 Å². The third-order valence-electron chi connectivity index (χ3n) is 2.64. The quantitative estimate of drug-likeness (QED) is 0.774. The summed E-state index contributed by atoms with van der Waals surface area (Å²) in [6, 6.07) is 7.87. The van der Waals surface area contributed by atoms with E-state index in [1.54, 1.807) is 6.92 Å². The smallest absolute Gasteiger partial charge is 0.123 e. The number of para-hydroxylation sites is 1. The van der Waals surface area contributed by atoms with Crippen LogP contribution >= 0.6 is 0 Å². The molecule has 0 aliphatic carbocycles. The molecule has 0 radical (unpaired) electrons. The maximum atomic E-state index is 9.86. The van der Waals surface area contributed by atoms with E-state index in [2.05, 4.69) is 5.32 Å². The monoisotopic (exact) mass is 223 g/mol. The Morgan fingerprint density at radius 3 is 2.69 bits per heavy atom. The van der Waals surface area contributed by atoms with E-state index in [9.17, 15) is 5.11 Å². The SMILES string of the molecule is CCC(C)(O)COc1ccccc1CNC. The van der Waals surface area contributed by atoms with Gasteiger partial charge in [0.1, 0.15) is 12.4 Å². The predicted octanol–water partition coefficient (Wildman–Crippen LogP) is 1.95. The minimum absolute atomic E-state index is 0.324. The van der Waals surface area contributed by atoms with Gasteiger partial charge in [-0.1, -0.05) is 25.1 Å². The molecule has 1 aromatic carbocycles. The number of hydrogen-bond acceptors (Lipinski definition) is 3. The molecular weight excluding hydrogens is 202 g/mol. The maximum Gasteiger partial charge on any atom is 0.123 e. The van der Waals surface area contributed by atoms with Gasteiger partial charge in [0, 0.05) is 12.1 Å². The first-order valence-electron chi connectivity index (χ1n) is 5.67. The first-order chi connectivity index (χ1) is 7.59. The molecule has 90 valence electrons. The van der Waals surface area contributed by atoms with Gasteiger partial charge in [0.15, 0.2) is 0 Å². The van der Waals surface area contributed by atoms with Gasteiger partial charge in [0.2, 0.25) is 0 Å². The summed E-state index contributed by atoms with van der Waals surface area (Å²) >= 11 is 0. The van der Waals surface area contributed by atoms with Crippen molar-refractivity contribution in [3.63, 3.8) is 0 Å². The number of rotatable bonds is 6. The molecule has 2 N–H and O–H groups in total. The van der Waals surface area contributed by atoms with Crippen LogP contribution in [0, 0.1) is 0 Å². The lowest BCUT2D eigenvalue weighted by Crippen LogP contribution is -2.31. The molecule has 0 fully saturated rings. The van der Waals surface area contributed by atoms with E-state index in [1.807, 2.05) is 38.2 Å². The molecular formula is C13H21NO2. The summed E-state index contributed by atoms with van der Waals surface area (Å²) in [5.74, 6) is 0.838. The van der Waals surface area contributed by atoms with Gasteiger partial charge >= 0.3 is 0 Å². The first-order valence-corrected chi connectivity index (χ1v) is 5.67. The predicted molar refractivity (Wildman–Crippen MR) is 65.6 cm³/mol. The number of aliphatic hydroxyl groups is 1. The summed E-state index contributed by atoms with van der Waals surface area (Å²) in [5.41, 5.74) is 0.351. The van der Waals surface area contributed by atoms with Crippen LogP contribution in [0.2, 0.25) is 0 Å². The van der Waals surface area contributed by atoms with Crippen molar-refractivity contribution in [1.29, 1.82) is 0 Å². The Bertz CT molecular complexity index is 323. The van der Waals surface area contributed by atoms with E-state index in [1.165, 1.54) is 0 Å². The van der Waals surface area contributed by atoms with Crippen LogP contribution in [0.5, 0.6) is 5.75 Å². The average Bonchev–Trinajstić information content (AvgIpc) is 2.28. The molecule has 0 saturated heterocycles. The molecule has 3 heteroatoms. The van der Waals surface area contributed by atoms with Crippen LogP contribution in [-0.2, 0) is 6.54 Å². The molecule has 1 aromatic rings. The van der Waals surface area contributed by atoms with Gasteiger partial charge in [0.25, 0.3) is 0 Å². The summed E-state index contributed by atoms with van der Waals surface area (Å²) in [7, 11) is 1.90. The van der Waals surface area contributed by atoms with Crippen LogP contribution in [0.15, 0.2) is 24.3 Å². The molecule has 1 atom stereocenters. The Morgan fingerprint density at radius 1 is 1.38 bits per heavy atom. The van der Waals surface area contributed by atoms with Crippen molar-refractivity contribution in [3.8, 4) is 5.75 Å². The maximum absolute atomic E-state index is 9.86. The summed E-state index contributed by atoms with van der Waals surface area (Å²) in [6.07, 6.45) is 0.682. The van der Waals surface area contributed by atoms with Gasteiger partial charge in [-0.2, -0.15) is 0 Å². The molecule has 3 nitrogen and oxygen atoms in total. The molecule has 0 heterocycles. The zero-order valence-electron chi connectivity index (χ0n) is 10.3. The Labute approximate surface area is 97.4 Å². The highest BCUT2D eigenvalue weighted by molar-refractivity contribution is 5.33. The minimum Gasteiger partial charge on any atom is -0.490 e. The average molecular weight is 223 g/mol. The van der Waals surface area contributed by atoms with Crippen LogP contribution in [0.4, 0.5) is 0 Å². The van der Waals surface area contributed by atoms with E-state index in [0.29, 0.717) is 13.0 Å². The zero-order valence-corrected chi connectivity index (χ0v) is 10.3. The molecule has 0 saturated carbocycles. The lowest BCUT2D eigenvalue weighted by Gasteiger charge is -2.22. The third kappa shape index (κ3) is 3.83. The van der Waals surface area contributed by atoms with Gasteiger partial charge in [-0.05, 0) is 26.5 Å². The Kier molecular flexibility index (Phi) is 4.77. The lowest BCUT2D eigenvalue weighted by molar-refractivity contribution is 0.00817. The molecule has 1 rings (SSSR count). The van der Waals surface area contributed by atoms with Crippen molar-refractivity contribution in [1.82, 2.24) is 5.32 Å². The van der Waals surface area contributed by atoms with Crippen molar-refractivity contribution < 1.29 is 9.84 Å². The van der Waals surface area contributed by atoms with Crippen LogP contribution in [-0.4, -0.2) is 24.4 Å². The van der Waals surface area contributed by atoms with Crippen molar-refractivity contribution in [3.05, 3.63) is 29.8 Å². The second-order valence-electron chi connectivity index (χ2n) is 4.28. The minimum atomic E-state index is -0.757. The molecule has 0 aromatic heterocycles. The number of ether oxygens (including phenoxy) is 1. The van der Waals surface area contributed by atoms with E-state index in [0.717, 1.165) is 17.9 Å².